The first-order valence-electron chi connectivity index (χ1n) is 11.4. The number of ketones is 1. The van der Waals surface area contributed by atoms with Gasteiger partial charge in [0.25, 0.3) is 0 Å². The molecule has 6 nitrogen and oxygen atoms in total. The monoisotopic (exact) mass is 457 g/mol. The number of fused-ring (bicyclic) bond motifs is 3. The fourth-order valence-electron chi connectivity index (χ4n) is 4.40. The molecule has 3 aromatic rings. The molecule has 0 fully saturated rings. The van der Waals surface area contributed by atoms with Gasteiger partial charge in [-0.15, -0.1) is 0 Å². The van der Waals surface area contributed by atoms with Gasteiger partial charge in [0.05, 0.1) is 0 Å². The summed E-state index contributed by atoms with van der Waals surface area (Å²) in [4.78, 5) is 36.3. The SMILES string of the molecule is O=C(CCc1ccccc1)CC[C@H](NC(=O)OCC1c2ccccc2-c2ccccc21)C(=O)O. The van der Waals surface area contributed by atoms with E-state index < -0.39 is 18.1 Å². The van der Waals surface area contributed by atoms with Gasteiger partial charge in [-0.2, -0.15) is 0 Å². The Hall–Kier alpha value is -3.93. The van der Waals surface area contributed by atoms with Gasteiger partial charge in [0.1, 0.15) is 18.4 Å². The molecule has 2 N–H and O–H groups in total. The van der Waals surface area contributed by atoms with Crippen molar-refractivity contribution in [2.45, 2.75) is 37.6 Å². The molecule has 1 aliphatic carbocycles. The maximum absolute atomic E-state index is 12.4. The first-order valence-corrected chi connectivity index (χ1v) is 11.4. The van der Waals surface area contributed by atoms with Gasteiger partial charge >= 0.3 is 12.1 Å². The number of nitrogens with one attached hydrogen (secondary N) is 1. The van der Waals surface area contributed by atoms with Crippen LogP contribution in [0.3, 0.4) is 0 Å². The number of Topliss-reactive ketones (excluding diaryl/α,β-unsaturated/α-hetero) is 1. The van der Waals surface area contributed by atoms with E-state index in [1.54, 1.807) is 0 Å². The predicted octanol–water partition coefficient (Wildman–Crippen LogP) is 4.96. The third-order valence-electron chi connectivity index (χ3n) is 6.18. The number of ether oxygens (including phenoxy) is 1. The Balaban J connectivity index is 1.29. The van der Waals surface area contributed by atoms with Crippen molar-refractivity contribution in [3.63, 3.8) is 0 Å². The number of amides is 1. The van der Waals surface area contributed by atoms with Crippen molar-refractivity contribution in [3.05, 3.63) is 95.6 Å². The minimum atomic E-state index is -1.19. The number of carboxylic acids is 1. The van der Waals surface area contributed by atoms with Crippen LogP contribution >= 0.6 is 0 Å². The van der Waals surface area contributed by atoms with Crippen molar-refractivity contribution < 1.29 is 24.2 Å². The lowest BCUT2D eigenvalue weighted by Crippen LogP contribution is -2.41. The van der Waals surface area contributed by atoms with Crippen LogP contribution in [-0.2, 0) is 20.7 Å². The average Bonchev–Trinajstić information content (AvgIpc) is 3.18. The number of carbonyl (C=O) groups is 3. The van der Waals surface area contributed by atoms with E-state index in [0.29, 0.717) is 12.8 Å². The molecule has 174 valence electrons. The van der Waals surface area contributed by atoms with Crippen LogP contribution in [0.1, 0.15) is 41.9 Å². The van der Waals surface area contributed by atoms with Crippen molar-refractivity contribution in [1.29, 1.82) is 0 Å². The molecule has 4 rings (SSSR count). The highest BCUT2D eigenvalue weighted by Crippen LogP contribution is 2.44. The number of carboxylic acid groups (broad SMARTS) is 1. The number of rotatable bonds is 10. The van der Waals surface area contributed by atoms with Crippen molar-refractivity contribution in [1.82, 2.24) is 5.32 Å². The Morgan fingerprint density at radius 1 is 0.824 bits per heavy atom. The molecule has 0 heterocycles. The summed E-state index contributed by atoms with van der Waals surface area (Å²) in [5.74, 6) is -1.34. The molecule has 0 radical (unpaired) electrons. The van der Waals surface area contributed by atoms with Crippen LogP contribution in [0.25, 0.3) is 11.1 Å². The van der Waals surface area contributed by atoms with Gasteiger partial charge in [-0.1, -0.05) is 78.9 Å². The highest BCUT2D eigenvalue weighted by molar-refractivity contribution is 5.83. The lowest BCUT2D eigenvalue weighted by molar-refractivity contribution is -0.139. The quantitative estimate of drug-likeness (QED) is 0.449. The van der Waals surface area contributed by atoms with Crippen LogP contribution in [0.4, 0.5) is 4.79 Å². The minimum Gasteiger partial charge on any atom is -0.480 e. The molecule has 1 amide bonds. The summed E-state index contributed by atoms with van der Waals surface area (Å²) in [6, 6.07) is 24.4. The molecular formula is C28H27NO5. The van der Waals surface area contributed by atoms with Gasteiger partial charge in [0.15, 0.2) is 0 Å². The second-order valence-corrected chi connectivity index (χ2v) is 8.42. The van der Waals surface area contributed by atoms with Crippen LogP contribution in [-0.4, -0.2) is 35.6 Å². The molecule has 1 aliphatic rings. The second kappa shape index (κ2) is 10.8. The molecule has 3 aromatic carbocycles. The Morgan fingerprint density at radius 2 is 1.41 bits per heavy atom. The number of hydrogen-bond donors (Lipinski definition) is 2. The summed E-state index contributed by atoms with van der Waals surface area (Å²) >= 11 is 0. The van der Waals surface area contributed by atoms with Gasteiger partial charge in [0, 0.05) is 18.8 Å². The van der Waals surface area contributed by atoms with Crippen LogP contribution in [0, 0.1) is 0 Å². The van der Waals surface area contributed by atoms with E-state index >= 15 is 0 Å². The molecule has 0 aliphatic heterocycles. The summed E-state index contributed by atoms with van der Waals surface area (Å²) in [7, 11) is 0. The van der Waals surface area contributed by atoms with E-state index in [1.807, 2.05) is 78.9 Å². The molecule has 0 bridgehead atoms. The van der Waals surface area contributed by atoms with E-state index in [4.69, 9.17) is 4.74 Å². The molecule has 34 heavy (non-hydrogen) atoms. The topological polar surface area (TPSA) is 92.7 Å². The van der Waals surface area contributed by atoms with Gasteiger partial charge < -0.3 is 15.2 Å². The standard InChI is InChI=1S/C28H27NO5/c30-20(15-14-19-8-2-1-3-9-19)16-17-26(27(31)32)29-28(33)34-18-25-23-12-6-4-10-21(23)22-11-5-7-13-24(22)25/h1-13,25-26H,14-18H2,(H,29,33)(H,31,32)/t26-/m0/s1. The molecule has 1 atom stereocenters. The van der Waals surface area contributed by atoms with Crippen molar-refractivity contribution >= 4 is 17.8 Å². The lowest BCUT2D eigenvalue weighted by atomic mass is 9.98. The summed E-state index contributed by atoms with van der Waals surface area (Å²) in [6.45, 7) is 0.0994. The van der Waals surface area contributed by atoms with Gasteiger partial charge in [-0.05, 0) is 40.7 Å². The van der Waals surface area contributed by atoms with Crippen LogP contribution < -0.4 is 5.32 Å². The van der Waals surface area contributed by atoms with Gasteiger partial charge in [-0.25, -0.2) is 9.59 Å². The summed E-state index contributed by atoms with van der Waals surface area (Å²) in [5.41, 5.74) is 5.45. The summed E-state index contributed by atoms with van der Waals surface area (Å²) in [5, 5.41) is 11.9. The van der Waals surface area contributed by atoms with E-state index in [9.17, 15) is 19.5 Å². The van der Waals surface area contributed by atoms with Crippen molar-refractivity contribution in [3.8, 4) is 11.1 Å². The van der Waals surface area contributed by atoms with E-state index in [0.717, 1.165) is 27.8 Å². The Morgan fingerprint density at radius 3 is 2.03 bits per heavy atom. The fourth-order valence-corrected chi connectivity index (χ4v) is 4.40. The highest BCUT2D eigenvalue weighted by Gasteiger charge is 2.29. The molecular weight excluding hydrogens is 430 g/mol. The van der Waals surface area contributed by atoms with E-state index in [2.05, 4.69) is 5.32 Å². The number of aliphatic carboxylic acids is 1. The van der Waals surface area contributed by atoms with Crippen molar-refractivity contribution in [2.75, 3.05) is 6.61 Å². The Kier molecular flexibility index (Phi) is 7.38. The maximum atomic E-state index is 12.4. The number of alkyl carbamates (subject to hydrolysis) is 1. The smallest absolute Gasteiger partial charge is 0.407 e. The molecule has 0 saturated carbocycles. The third kappa shape index (κ3) is 5.52. The van der Waals surface area contributed by atoms with E-state index in [-0.39, 0.29) is 31.1 Å². The predicted molar refractivity (Wildman–Crippen MR) is 129 cm³/mol. The van der Waals surface area contributed by atoms with Crippen molar-refractivity contribution in [2.24, 2.45) is 0 Å². The second-order valence-electron chi connectivity index (χ2n) is 8.42. The summed E-state index contributed by atoms with van der Waals surface area (Å²) in [6.07, 6.45) is 0.241. The fraction of sp³-hybridized carbons (Fsp3) is 0.250. The van der Waals surface area contributed by atoms with Gasteiger partial charge in [-0.3, -0.25) is 4.79 Å². The number of carbonyl (C=O) groups excluding carboxylic acids is 2. The molecule has 0 aromatic heterocycles. The number of aryl methyl sites for hydroxylation is 1. The molecule has 6 heteroatoms. The maximum Gasteiger partial charge on any atom is 0.407 e. The summed E-state index contributed by atoms with van der Waals surface area (Å²) < 4.78 is 5.43. The average molecular weight is 458 g/mol. The Bertz CT molecular complexity index is 1130. The molecule has 0 unspecified atom stereocenters. The van der Waals surface area contributed by atoms with Crippen LogP contribution in [0.15, 0.2) is 78.9 Å². The zero-order valence-corrected chi connectivity index (χ0v) is 18.8. The Labute approximate surface area is 198 Å². The first kappa shape index (κ1) is 23.2. The molecule has 0 spiro atoms. The number of hydrogen-bond acceptors (Lipinski definition) is 4. The van der Waals surface area contributed by atoms with Gasteiger partial charge in [0.2, 0.25) is 0 Å². The highest BCUT2D eigenvalue weighted by atomic mass is 16.5. The number of benzene rings is 3. The van der Waals surface area contributed by atoms with Crippen LogP contribution in [0.5, 0.6) is 0 Å². The molecule has 0 saturated heterocycles. The van der Waals surface area contributed by atoms with Crippen LogP contribution in [0.2, 0.25) is 0 Å². The lowest BCUT2D eigenvalue weighted by Gasteiger charge is -2.17. The minimum absolute atomic E-state index is 0.0210. The first-order chi connectivity index (χ1) is 16.5. The largest absolute Gasteiger partial charge is 0.480 e. The van der Waals surface area contributed by atoms with E-state index in [1.165, 1.54) is 0 Å². The zero-order valence-electron chi connectivity index (χ0n) is 18.8. The zero-order chi connectivity index (χ0) is 23.9. The normalized spacial score (nSPS) is 12.9. The third-order valence-corrected chi connectivity index (χ3v) is 6.18.